The molecular weight excluding hydrogens is 403 g/mol. The number of amides is 1. The number of fused-ring (bicyclic) bond motifs is 2. The molecule has 2 saturated heterocycles. The Kier molecular flexibility index (Phi) is 5.18. The summed E-state index contributed by atoms with van der Waals surface area (Å²) in [4.78, 5) is 23.6. The molecule has 2 aliphatic rings. The zero-order chi connectivity index (χ0) is 20.0. The van der Waals surface area contributed by atoms with Crippen LogP contribution in [-0.4, -0.2) is 53.4 Å². The third kappa shape index (κ3) is 3.43. The molecule has 0 radical (unpaired) electrons. The zero-order valence-corrected chi connectivity index (χ0v) is 16.9. The van der Waals surface area contributed by atoms with Crippen LogP contribution in [0.5, 0.6) is 0 Å². The molecule has 148 valence electrons. The highest BCUT2D eigenvalue weighted by molar-refractivity contribution is 6.42. The quantitative estimate of drug-likeness (QED) is 0.787. The average Bonchev–Trinajstić information content (AvgIpc) is 3.21. The van der Waals surface area contributed by atoms with Gasteiger partial charge >= 0.3 is 0 Å². The SMILES string of the molecule is CN(C)c1ncc(C2C3OC(CC3O)C2C(=O)Nc2ccc(Cl)c(Cl)c2)cn1. The van der Waals surface area contributed by atoms with E-state index in [-0.39, 0.29) is 17.9 Å². The second-order valence-corrected chi connectivity index (χ2v) is 8.14. The van der Waals surface area contributed by atoms with Crippen LogP contribution in [0.3, 0.4) is 0 Å². The zero-order valence-electron chi connectivity index (χ0n) is 15.3. The van der Waals surface area contributed by atoms with Crippen molar-refractivity contribution in [3.05, 3.63) is 46.2 Å². The van der Waals surface area contributed by atoms with Crippen LogP contribution in [-0.2, 0) is 9.53 Å². The molecule has 7 nitrogen and oxygen atoms in total. The molecule has 1 aromatic heterocycles. The summed E-state index contributed by atoms with van der Waals surface area (Å²) in [6.45, 7) is 0. The first kappa shape index (κ1) is 19.4. The van der Waals surface area contributed by atoms with Crippen molar-refractivity contribution in [2.45, 2.75) is 30.7 Å². The summed E-state index contributed by atoms with van der Waals surface area (Å²) in [7, 11) is 3.71. The number of carbonyl (C=O) groups excluding carboxylic acids is 1. The van der Waals surface area contributed by atoms with E-state index in [9.17, 15) is 9.90 Å². The van der Waals surface area contributed by atoms with Gasteiger partial charge in [0, 0.05) is 44.5 Å². The lowest BCUT2D eigenvalue weighted by Crippen LogP contribution is -2.41. The Balaban J connectivity index is 1.60. The number of halogens is 2. The molecule has 28 heavy (non-hydrogen) atoms. The Bertz CT molecular complexity index is 893. The Morgan fingerprint density at radius 1 is 1.25 bits per heavy atom. The first-order chi connectivity index (χ1) is 13.3. The van der Waals surface area contributed by atoms with E-state index in [1.165, 1.54) is 0 Å². The van der Waals surface area contributed by atoms with Crippen molar-refractivity contribution in [3.8, 4) is 0 Å². The number of carbonyl (C=O) groups is 1. The first-order valence-electron chi connectivity index (χ1n) is 8.94. The summed E-state index contributed by atoms with van der Waals surface area (Å²) in [5.74, 6) is -0.408. The van der Waals surface area contributed by atoms with Crippen LogP contribution in [0.15, 0.2) is 30.6 Å². The largest absolute Gasteiger partial charge is 0.390 e. The minimum Gasteiger partial charge on any atom is -0.390 e. The highest BCUT2D eigenvalue weighted by Crippen LogP contribution is 2.49. The van der Waals surface area contributed by atoms with E-state index in [1.807, 2.05) is 14.1 Å². The van der Waals surface area contributed by atoms with Crippen molar-refractivity contribution in [2.24, 2.45) is 5.92 Å². The molecule has 1 aromatic carbocycles. The smallest absolute Gasteiger partial charge is 0.230 e. The molecule has 1 amide bonds. The van der Waals surface area contributed by atoms with E-state index >= 15 is 0 Å². The number of aliphatic hydroxyl groups is 1. The van der Waals surface area contributed by atoms with E-state index in [1.54, 1.807) is 35.5 Å². The van der Waals surface area contributed by atoms with E-state index in [2.05, 4.69) is 15.3 Å². The van der Waals surface area contributed by atoms with Gasteiger partial charge < -0.3 is 20.1 Å². The number of nitrogens with one attached hydrogen (secondary N) is 1. The minimum absolute atomic E-state index is 0.195. The molecule has 2 N–H and O–H groups in total. The normalized spacial score (nSPS) is 28.4. The van der Waals surface area contributed by atoms with Gasteiger partial charge in [-0.1, -0.05) is 23.2 Å². The molecule has 4 rings (SSSR count). The fraction of sp³-hybridized carbons (Fsp3) is 0.421. The molecule has 5 unspecified atom stereocenters. The van der Waals surface area contributed by atoms with Crippen molar-refractivity contribution in [1.82, 2.24) is 9.97 Å². The van der Waals surface area contributed by atoms with Gasteiger partial charge in [0.25, 0.3) is 0 Å². The number of nitrogens with zero attached hydrogens (tertiary/aromatic N) is 3. The Hall–Kier alpha value is -1.93. The van der Waals surface area contributed by atoms with Crippen LogP contribution in [0.4, 0.5) is 11.6 Å². The average molecular weight is 423 g/mol. The molecule has 5 atom stereocenters. The predicted octanol–water partition coefficient (Wildman–Crippen LogP) is 2.72. The van der Waals surface area contributed by atoms with Gasteiger partial charge in [-0.15, -0.1) is 0 Å². The van der Waals surface area contributed by atoms with E-state index in [0.717, 1.165) is 5.56 Å². The summed E-state index contributed by atoms with van der Waals surface area (Å²) in [6.07, 6.45) is 2.39. The van der Waals surface area contributed by atoms with Crippen molar-refractivity contribution < 1.29 is 14.6 Å². The summed E-state index contributed by atoms with van der Waals surface area (Å²) in [5.41, 5.74) is 1.33. The lowest BCUT2D eigenvalue weighted by molar-refractivity contribution is -0.121. The predicted molar refractivity (Wildman–Crippen MR) is 107 cm³/mol. The maximum Gasteiger partial charge on any atom is 0.230 e. The third-order valence-corrected chi connectivity index (χ3v) is 6.00. The van der Waals surface area contributed by atoms with Crippen LogP contribution < -0.4 is 10.2 Å². The van der Waals surface area contributed by atoms with Crippen molar-refractivity contribution >= 4 is 40.7 Å². The van der Waals surface area contributed by atoms with Crippen molar-refractivity contribution in [3.63, 3.8) is 0 Å². The summed E-state index contributed by atoms with van der Waals surface area (Å²) >= 11 is 12.0. The maximum absolute atomic E-state index is 13.1. The number of rotatable bonds is 4. The lowest BCUT2D eigenvalue weighted by atomic mass is 9.74. The number of benzene rings is 1. The first-order valence-corrected chi connectivity index (χ1v) is 9.69. The van der Waals surface area contributed by atoms with Gasteiger partial charge in [-0.3, -0.25) is 4.79 Å². The molecule has 0 spiro atoms. The minimum atomic E-state index is -0.613. The summed E-state index contributed by atoms with van der Waals surface area (Å²) < 4.78 is 5.92. The van der Waals surface area contributed by atoms with Crippen LogP contribution >= 0.6 is 23.2 Å². The molecule has 2 aliphatic heterocycles. The van der Waals surface area contributed by atoms with E-state index in [0.29, 0.717) is 28.1 Å². The van der Waals surface area contributed by atoms with Gasteiger partial charge in [-0.2, -0.15) is 0 Å². The Labute approximate surface area is 172 Å². The van der Waals surface area contributed by atoms with Gasteiger partial charge in [0.15, 0.2) is 0 Å². The molecule has 2 bridgehead atoms. The maximum atomic E-state index is 13.1. The second kappa shape index (κ2) is 7.48. The molecular formula is C19H20Cl2N4O3. The van der Waals surface area contributed by atoms with Gasteiger partial charge in [0.2, 0.25) is 11.9 Å². The van der Waals surface area contributed by atoms with Crippen LogP contribution in [0.2, 0.25) is 10.0 Å². The van der Waals surface area contributed by atoms with E-state index < -0.39 is 18.1 Å². The fourth-order valence-electron chi connectivity index (χ4n) is 3.97. The molecule has 0 saturated carbocycles. The Morgan fingerprint density at radius 3 is 2.61 bits per heavy atom. The fourth-order valence-corrected chi connectivity index (χ4v) is 4.27. The molecule has 2 aromatic rings. The summed E-state index contributed by atoms with van der Waals surface area (Å²) in [5, 5.41) is 14.0. The number of ether oxygens (including phenoxy) is 1. The number of aliphatic hydroxyl groups excluding tert-OH is 1. The lowest BCUT2D eigenvalue weighted by Gasteiger charge is -2.30. The molecule has 3 heterocycles. The van der Waals surface area contributed by atoms with Gasteiger partial charge in [0.05, 0.1) is 34.3 Å². The highest BCUT2D eigenvalue weighted by Gasteiger charge is 2.57. The van der Waals surface area contributed by atoms with Gasteiger partial charge in [0.1, 0.15) is 0 Å². The van der Waals surface area contributed by atoms with Gasteiger partial charge in [-0.25, -0.2) is 9.97 Å². The third-order valence-electron chi connectivity index (χ3n) is 5.26. The molecule has 0 aliphatic carbocycles. The standard InChI is InChI=1S/C19H20Cl2N4O3/c1-25(2)19-22-7-9(8-23-19)15-16(14-6-13(26)17(15)28-14)18(27)24-10-3-4-11(20)12(21)5-10/h3-5,7-8,13-17,26H,6H2,1-2H3,(H,24,27). The molecule has 9 heteroatoms. The van der Waals surface area contributed by atoms with E-state index in [4.69, 9.17) is 27.9 Å². The van der Waals surface area contributed by atoms with Gasteiger partial charge in [-0.05, 0) is 23.8 Å². The molecule has 2 fully saturated rings. The van der Waals surface area contributed by atoms with Crippen molar-refractivity contribution in [1.29, 1.82) is 0 Å². The summed E-state index contributed by atoms with van der Waals surface area (Å²) in [6, 6.07) is 4.93. The number of anilines is 2. The van der Waals surface area contributed by atoms with Crippen LogP contribution in [0.1, 0.15) is 17.9 Å². The highest BCUT2D eigenvalue weighted by atomic mass is 35.5. The number of hydrogen-bond acceptors (Lipinski definition) is 6. The monoisotopic (exact) mass is 422 g/mol. The Morgan fingerprint density at radius 2 is 1.96 bits per heavy atom. The number of aromatic nitrogens is 2. The van der Waals surface area contributed by atoms with Crippen LogP contribution in [0.25, 0.3) is 0 Å². The van der Waals surface area contributed by atoms with Crippen LogP contribution in [0, 0.1) is 5.92 Å². The topological polar surface area (TPSA) is 87.6 Å². The second-order valence-electron chi connectivity index (χ2n) is 7.32. The van der Waals surface area contributed by atoms with Crippen molar-refractivity contribution in [2.75, 3.05) is 24.3 Å². The number of hydrogen-bond donors (Lipinski definition) is 2.